The monoisotopic (exact) mass is 462 g/mol. The van der Waals surface area contributed by atoms with Gasteiger partial charge in [-0.2, -0.15) is 15.1 Å². The summed E-state index contributed by atoms with van der Waals surface area (Å²) in [5.74, 6) is 1.14. The molecule has 2 saturated heterocycles. The third-order valence-electron chi connectivity index (χ3n) is 6.33. The first kappa shape index (κ1) is 22.7. The number of ether oxygens (including phenoxy) is 1. The van der Waals surface area contributed by atoms with Gasteiger partial charge in [-0.3, -0.25) is 0 Å². The largest absolute Gasteiger partial charge is 0.467 e. The number of aliphatic hydroxyl groups is 1. The molecule has 0 spiro atoms. The van der Waals surface area contributed by atoms with Crippen molar-refractivity contribution in [3.05, 3.63) is 35.5 Å². The molecule has 8 nitrogen and oxygen atoms in total. The number of benzene rings is 1. The Morgan fingerprint density at radius 3 is 2.72 bits per heavy atom. The van der Waals surface area contributed by atoms with Crippen LogP contribution >= 0.6 is 12.4 Å². The Bertz CT molecular complexity index is 1110. The highest BCUT2D eigenvalue weighted by Gasteiger charge is 2.28. The Balaban J connectivity index is 0.00000245. The molecule has 0 radical (unpaired) electrons. The van der Waals surface area contributed by atoms with E-state index in [0.29, 0.717) is 31.1 Å². The summed E-state index contributed by atoms with van der Waals surface area (Å²) in [5.41, 5.74) is 2.97. The van der Waals surface area contributed by atoms with Crippen LogP contribution in [0.3, 0.4) is 0 Å². The molecule has 2 aliphatic heterocycles. The van der Waals surface area contributed by atoms with Gasteiger partial charge in [0, 0.05) is 37.0 Å². The normalized spacial score (nSPS) is 23.4. The van der Waals surface area contributed by atoms with E-state index in [9.17, 15) is 9.50 Å². The van der Waals surface area contributed by atoms with Crippen molar-refractivity contribution < 1.29 is 14.2 Å². The Kier molecular flexibility index (Phi) is 6.50. The lowest BCUT2D eigenvalue weighted by Crippen LogP contribution is -2.36. The van der Waals surface area contributed by atoms with E-state index in [1.54, 1.807) is 10.9 Å². The predicted molar refractivity (Wildman–Crippen MR) is 123 cm³/mol. The molecule has 172 valence electrons. The number of aliphatic hydroxyl groups excluding tert-OH is 1. The average molecular weight is 463 g/mol. The first-order chi connectivity index (χ1) is 15.0. The van der Waals surface area contributed by atoms with Crippen molar-refractivity contribution in [1.82, 2.24) is 25.1 Å². The van der Waals surface area contributed by atoms with E-state index >= 15 is 0 Å². The van der Waals surface area contributed by atoms with Gasteiger partial charge in [-0.15, -0.1) is 12.4 Å². The zero-order valence-electron chi connectivity index (χ0n) is 18.2. The minimum Gasteiger partial charge on any atom is -0.467 e. The predicted octanol–water partition coefficient (Wildman–Crippen LogP) is 2.54. The maximum atomic E-state index is 14.7. The SMILES string of the molecule is COc1nc(N2CC[C@H](O)C2)cc(-n2ncc3cc(C)c([C@H]4CCNC[C@H]4F)cc32)n1.Cl. The molecule has 3 atom stereocenters. The van der Waals surface area contributed by atoms with Gasteiger partial charge in [-0.1, -0.05) is 0 Å². The molecule has 0 saturated carbocycles. The molecule has 2 N–H and O–H groups in total. The molecule has 32 heavy (non-hydrogen) atoms. The third-order valence-corrected chi connectivity index (χ3v) is 6.33. The molecule has 0 unspecified atom stereocenters. The summed E-state index contributed by atoms with van der Waals surface area (Å²) in [5, 5.41) is 18.6. The second-order valence-corrected chi connectivity index (χ2v) is 8.40. The van der Waals surface area contributed by atoms with E-state index in [0.717, 1.165) is 41.5 Å². The van der Waals surface area contributed by atoms with Crippen LogP contribution in [0.1, 0.15) is 29.9 Å². The molecule has 3 aromatic rings. The number of rotatable bonds is 4. The van der Waals surface area contributed by atoms with Crippen LogP contribution in [0.2, 0.25) is 0 Å². The van der Waals surface area contributed by atoms with Crippen LogP contribution in [0.25, 0.3) is 16.7 Å². The Morgan fingerprint density at radius 1 is 1.19 bits per heavy atom. The van der Waals surface area contributed by atoms with Crippen molar-refractivity contribution in [1.29, 1.82) is 0 Å². The minimum absolute atomic E-state index is 0. The van der Waals surface area contributed by atoms with Gasteiger partial charge in [0.25, 0.3) is 0 Å². The fraction of sp³-hybridized carbons (Fsp3) is 0.500. The number of hydrogen-bond acceptors (Lipinski definition) is 7. The summed E-state index contributed by atoms with van der Waals surface area (Å²) < 4.78 is 21.8. The van der Waals surface area contributed by atoms with Gasteiger partial charge in [0.15, 0.2) is 5.82 Å². The van der Waals surface area contributed by atoms with Crippen molar-refractivity contribution in [2.75, 3.05) is 38.2 Å². The summed E-state index contributed by atoms with van der Waals surface area (Å²) in [6.45, 7) is 4.48. The van der Waals surface area contributed by atoms with Gasteiger partial charge < -0.3 is 20.1 Å². The Hall–Kier alpha value is -2.49. The lowest BCUT2D eigenvalue weighted by Gasteiger charge is -2.28. The first-order valence-electron chi connectivity index (χ1n) is 10.7. The molecule has 0 bridgehead atoms. The minimum atomic E-state index is -0.909. The number of aromatic nitrogens is 4. The van der Waals surface area contributed by atoms with E-state index in [1.807, 2.05) is 24.0 Å². The molecule has 2 aliphatic rings. The van der Waals surface area contributed by atoms with Crippen LogP contribution in [0.4, 0.5) is 10.2 Å². The number of alkyl halides is 1. The molecule has 2 aromatic heterocycles. The smallest absolute Gasteiger partial charge is 0.320 e. The molecule has 1 aromatic carbocycles. The standard InChI is InChI=1S/C22H27FN6O2.ClH/c1-13-7-14-10-25-29(19(14)8-17(13)16-3-5-24-11-18(16)23)21-9-20(26-22(27-21)31-2)28-6-4-15(30)12-28;/h7-10,15-16,18,24,30H,3-6,11-12H2,1-2H3;1H/t15-,16+,18+;/m0./s1. The highest BCUT2D eigenvalue weighted by atomic mass is 35.5. The lowest BCUT2D eigenvalue weighted by atomic mass is 9.85. The van der Waals surface area contributed by atoms with Crippen molar-refractivity contribution >= 4 is 29.1 Å². The Morgan fingerprint density at radius 2 is 2.00 bits per heavy atom. The topological polar surface area (TPSA) is 88.3 Å². The molecule has 0 amide bonds. The lowest BCUT2D eigenvalue weighted by molar-refractivity contribution is 0.198. The zero-order chi connectivity index (χ0) is 21.5. The van der Waals surface area contributed by atoms with Crippen LogP contribution in [-0.2, 0) is 0 Å². The average Bonchev–Trinajstić information content (AvgIpc) is 3.39. The quantitative estimate of drug-likeness (QED) is 0.616. The number of nitrogens with zero attached hydrogens (tertiary/aromatic N) is 5. The molecule has 10 heteroatoms. The van der Waals surface area contributed by atoms with Crippen molar-refractivity contribution in [3.8, 4) is 11.8 Å². The third kappa shape index (κ3) is 4.12. The molecule has 4 heterocycles. The van der Waals surface area contributed by atoms with Crippen LogP contribution in [0.5, 0.6) is 6.01 Å². The molecule has 5 rings (SSSR count). The summed E-state index contributed by atoms with van der Waals surface area (Å²) >= 11 is 0. The first-order valence-corrected chi connectivity index (χ1v) is 10.7. The number of methoxy groups -OCH3 is 1. The van der Waals surface area contributed by atoms with Gasteiger partial charge in [-0.25, -0.2) is 9.07 Å². The summed E-state index contributed by atoms with van der Waals surface area (Å²) in [6.07, 6.45) is 2.00. The molecule has 2 fully saturated rings. The maximum Gasteiger partial charge on any atom is 0.320 e. The van der Waals surface area contributed by atoms with Crippen LogP contribution < -0.4 is 15.0 Å². The maximum absolute atomic E-state index is 14.7. The van der Waals surface area contributed by atoms with Gasteiger partial charge >= 0.3 is 6.01 Å². The van der Waals surface area contributed by atoms with Gasteiger partial charge in [0.2, 0.25) is 0 Å². The van der Waals surface area contributed by atoms with E-state index in [1.165, 1.54) is 7.11 Å². The van der Waals surface area contributed by atoms with E-state index in [4.69, 9.17) is 4.74 Å². The van der Waals surface area contributed by atoms with Gasteiger partial charge in [0.1, 0.15) is 12.0 Å². The van der Waals surface area contributed by atoms with E-state index in [-0.39, 0.29) is 30.4 Å². The number of anilines is 1. The second kappa shape index (κ2) is 9.17. The molecular weight excluding hydrogens is 435 g/mol. The zero-order valence-corrected chi connectivity index (χ0v) is 19.0. The fourth-order valence-corrected chi connectivity index (χ4v) is 4.67. The molecule has 0 aliphatic carbocycles. The molecular formula is C22H28ClFN6O2. The van der Waals surface area contributed by atoms with Crippen LogP contribution in [-0.4, -0.2) is 70.4 Å². The van der Waals surface area contributed by atoms with Gasteiger partial charge in [0.05, 0.1) is 24.9 Å². The number of piperidine rings is 1. The number of nitrogens with one attached hydrogen (secondary N) is 1. The summed E-state index contributed by atoms with van der Waals surface area (Å²) in [6, 6.07) is 6.22. The number of β-amino-alcohol motifs (C(OH)–C–C–N with tert-alkyl or cyclic N) is 1. The second-order valence-electron chi connectivity index (χ2n) is 8.40. The van der Waals surface area contributed by atoms with E-state index < -0.39 is 6.17 Å². The van der Waals surface area contributed by atoms with Crippen LogP contribution in [0.15, 0.2) is 24.4 Å². The van der Waals surface area contributed by atoms with Crippen molar-refractivity contribution in [2.24, 2.45) is 0 Å². The number of halogens is 2. The fourth-order valence-electron chi connectivity index (χ4n) is 4.67. The highest BCUT2D eigenvalue weighted by molar-refractivity contribution is 5.85. The number of aryl methyl sites for hydroxylation is 1. The summed E-state index contributed by atoms with van der Waals surface area (Å²) in [4.78, 5) is 11.0. The van der Waals surface area contributed by atoms with Crippen LogP contribution in [0, 0.1) is 6.92 Å². The van der Waals surface area contributed by atoms with E-state index in [2.05, 4.69) is 26.4 Å². The summed E-state index contributed by atoms with van der Waals surface area (Å²) in [7, 11) is 1.53. The number of hydrogen-bond donors (Lipinski definition) is 2. The van der Waals surface area contributed by atoms with Crippen molar-refractivity contribution in [2.45, 2.75) is 38.0 Å². The Labute approximate surface area is 192 Å². The highest BCUT2D eigenvalue weighted by Crippen LogP contribution is 2.33. The van der Waals surface area contributed by atoms with Gasteiger partial charge in [-0.05, 0) is 49.6 Å². The van der Waals surface area contributed by atoms with Crippen molar-refractivity contribution in [3.63, 3.8) is 0 Å². The number of fused-ring (bicyclic) bond motifs is 1.